The molecule has 0 aliphatic heterocycles. The van der Waals surface area contributed by atoms with Crippen molar-refractivity contribution >= 4 is 21.6 Å². The highest BCUT2D eigenvalue weighted by molar-refractivity contribution is 9.10. The number of unbranched alkanes of at least 4 members (excludes halogenated alkanes) is 2. The van der Waals surface area contributed by atoms with Crippen molar-refractivity contribution in [3.05, 3.63) is 28.2 Å². The van der Waals surface area contributed by atoms with E-state index in [0.717, 1.165) is 48.1 Å². The Morgan fingerprint density at radius 2 is 2.06 bits per heavy atom. The van der Waals surface area contributed by atoms with E-state index in [1.165, 1.54) is 0 Å². The zero-order chi connectivity index (χ0) is 12.7. The summed E-state index contributed by atoms with van der Waals surface area (Å²) in [6.45, 7) is 2.21. The number of benzene rings is 1. The fourth-order valence-corrected chi connectivity index (χ4v) is 2.13. The topological polar surface area (TPSA) is 49.5 Å². The average Bonchev–Trinajstić information content (AvgIpc) is 2.28. The van der Waals surface area contributed by atoms with Crippen LogP contribution in [0.5, 0.6) is 0 Å². The zero-order valence-corrected chi connectivity index (χ0v) is 11.9. The van der Waals surface area contributed by atoms with Gasteiger partial charge in [0.25, 0.3) is 0 Å². The van der Waals surface area contributed by atoms with Crippen molar-refractivity contribution in [1.29, 1.82) is 0 Å². The lowest BCUT2D eigenvalue weighted by Crippen LogP contribution is -2.19. The maximum absolute atomic E-state index is 8.69. The summed E-state index contributed by atoms with van der Waals surface area (Å²) < 4.78 is 1.02. The third-order valence-electron chi connectivity index (χ3n) is 2.75. The van der Waals surface area contributed by atoms with Gasteiger partial charge in [-0.3, -0.25) is 0 Å². The van der Waals surface area contributed by atoms with Crippen LogP contribution in [0.15, 0.2) is 22.7 Å². The predicted octanol–water partition coefficient (Wildman–Crippen LogP) is 2.63. The molecule has 0 amide bonds. The molecule has 3 nitrogen and oxygen atoms in total. The van der Waals surface area contributed by atoms with Gasteiger partial charge in [0.05, 0.1) is 0 Å². The van der Waals surface area contributed by atoms with Crippen LogP contribution in [0.1, 0.15) is 24.8 Å². The number of anilines is 1. The van der Waals surface area contributed by atoms with Gasteiger partial charge in [-0.1, -0.05) is 22.0 Å². The van der Waals surface area contributed by atoms with Gasteiger partial charge in [-0.05, 0) is 50.6 Å². The number of hydrogen-bond donors (Lipinski definition) is 2. The molecule has 1 rings (SSSR count). The molecule has 0 atom stereocenters. The number of halogens is 1. The van der Waals surface area contributed by atoms with Crippen LogP contribution in [0.4, 0.5) is 5.69 Å². The Kier molecular flexibility index (Phi) is 6.55. The summed E-state index contributed by atoms with van der Waals surface area (Å²) in [5.41, 5.74) is 7.96. The lowest BCUT2D eigenvalue weighted by atomic mass is 10.1. The number of hydrogen-bond acceptors (Lipinski definition) is 3. The molecule has 0 radical (unpaired) electrons. The summed E-state index contributed by atoms with van der Waals surface area (Å²) >= 11 is 3.40. The molecule has 0 aromatic heterocycles. The molecule has 0 aliphatic carbocycles. The van der Waals surface area contributed by atoms with E-state index in [2.05, 4.69) is 33.9 Å². The minimum Gasteiger partial charge on any atom is -0.398 e. The Labute approximate surface area is 112 Å². The van der Waals surface area contributed by atoms with E-state index in [9.17, 15) is 0 Å². The van der Waals surface area contributed by atoms with E-state index < -0.39 is 0 Å². The average molecular weight is 301 g/mol. The van der Waals surface area contributed by atoms with Gasteiger partial charge in [0.15, 0.2) is 0 Å². The van der Waals surface area contributed by atoms with Gasteiger partial charge >= 0.3 is 0 Å². The third-order valence-corrected chi connectivity index (χ3v) is 3.24. The lowest BCUT2D eigenvalue weighted by molar-refractivity contribution is 0.271. The van der Waals surface area contributed by atoms with E-state index in [1.54, 1.807) is 0 Å². The second-order valence-electron chi connectivity index (χ2n) is 4.37. The number of nitrogens with zero attached hydrogens (tertiary/aromatic N) is 1. The molecular formula is C13H21BrN2O. The Hall–Kier alpha value is -0.580. The first-order chi connectivity index (χ1) is 8.13. The predicted molar refractivity (Wildman–Crippen MR) is 75.8 cm³/mol. The van der Waals surface area contributed by atoms with Gasteiger partial charge < -0.3 is 15.7 Å². The van der Waals surface area contributed by atoms with E-state index in [4.69, 9.17) is 10.8 Å². The molecule has 1 aromatic rings. The summed E-state index contributed by atoms with van der Waals surface area (Å²) in [6.07, 6.45) is 3.10. The van der Waals surface area contributed by atoms with Crippen molar-refractivity contribution in [2.45, 2.75) is 25.8 Å². The van der Waals surface area contributed by atoms with Gasteiger partial charge in [0.2, 0.25) is 0 Å². The first kappa shape index (κ1) is 14.5. The second-order valence-corrected chi connectivity index (χ2v) is 5.28. The monoisotopic (exact) mass is 300 g/mol. The molecule has 96 valence electrons. The Bertz CT molecular complexity index is 344. The first-order valence-electron chi connectivity index (χ1n) is 5.97. The smallest absolute Gasteiger partial charge is 0.0431 e. The molecule has 0 heterocycles. The lowest BCUT2D eigenvalue weighted by Gasteiger charge is -2.17. The van der Waals surface area contributed by atoms with E-state index in [-0.39, 0.29) is 0 Å². The van der Waals surface area contributed by atoms with Gasteiger partial charge in [0, 0.05) is 23.3 Å². The molecule has 0 saturated heterocycles. The maximum Gasteiger partial charge on any atom is 0.0431 e. The molecule has 0 saturated carbocycles. The van der Waals surface area contributed by atoms with Gasteiger partial charge in [-0.25, -0.2) is 0 Å². The van der Waals surface area contributed by atoms with Gasteiger partial charge in [-0.2, -0.15) is 0 Å². The minimum absolute atomic E-state index is 0.295. The van der Waals surface area contributed by atoms with Gasteiger partial charge in [0.1, 0.15) is 0 Å². The molecule has 0 unspecified atom stereocenters. The molecular weight excluding hydrogens is 280 g/mol. The quantitative estimate of drug-likeness (QED) is 0.601. The van der Waals surface area contributed by atoms with Crippen LogP contribution >= 0.6 is 15.9 Å². The molecule has 1 aromatic carbocycles. The molecule has 3 N–H and O–H groups in total. The second kappa shape index (κ2) is 7.69. The van der Waals surface area contributed by atoms with E-state index in [1.807, 2.05) is 12.1 Å². The van der Waals surface area contributed by atoms with Crippen molar-refractivity contribution in [1.82, 2.24) is 4.90 Å². The van der Waals surface area contributed by atoms with Gasteiger partial charge in [-0.15, -0.1) is 0 Å². The summed E-state index contributed by atoms with van der Waals surface area (Å²) in [7, 11) is 2.10. The summed E-state index contributed by atoms with van der Waals surface area (Å²) in [6, 6.07) is 6.02. The number of rotatable bonds is 7. The van der Waals surface area contributed by atoms with Crippen LogP contribution in [-0.4, -0.2) is 30.2 Å². The fraction of sp³-hybridized carbons (Fsp3) is 0.538. The maximum atomic E-state index is 8.69. The summed E-state index contributed by atoms with van der Waals surface area (Å²) in [5, 5.41) is 8.69. The van der Waals surface area contributed by atoms with Crippen molar-refractivity contribution in [3.63, 3.8) is 0 Å². The summed E-state index contributed by atoms with van der Waals surface area (Å²) in [4.78, 5) is 2.26. The highest BCUT2D eigenvalue weighted by atomic mass is 79.9. The molecule has 0 fully saturated rings. The molecule has 0 aliphatic rings. The van der Waals surface area contributed by atoms with Crippen LogP contribution in [0.25, 0.3) is 0 Å². The van der Waals surface area contributed by atoms with Crippen LogP contribution in [0, 0.1) is 0 Å². The van der Waals surface area contributed by atoms with Crippen LogP contribution in [-0.2, 0) is 6.54 Å². The van der Waals surface area contributed by atoms with Crippen molar-refractivity contribution in [2.24, 2.45) is 0 Å². The SMILES string of the molecule is CN(CCCCCO)Cc1ccc(Br)cc1N. The number of aliphatic hydroxyl groups excluding tert-OH is 1. The minimum atomic E-state index is 0.295. The Morgan fingerprint density at radius 3 is 2.71 bits per heavy atom. The largest absolute Gasteiger partial charge is 0.398 e. The molecule has 0 bridgehead atoms. The molecule has 4 heteroatoms. The first-order valence-corrected chi connectivity index (χ1v) is 6.76. The number of aliphatic hydroxyl groups is 1. The highest BCUT2D eigenvalue weighted by Gasteiger charge is 2.04. The fourth-order valence-electron chi connectivity index (χ4n) is 1.75. The molecule has 17 heavy (non-hydrogen) atoms. The molecule has 0 spiro atoms. The van der Waals surface area contributed by atoms with E-state index >= 15 is 0 Å². The van der Waals surface area contributed by atoms with Crippen molar-refractivity contribution in [3.8, 4) is 0 Å². The number of nitrogen functional groups attached to an aromatic ring is 1. The Morgan fingerprint density at radius 1 is 1.29 bits per heavy atom. The standard InChI is InChI=1S/C13H21BrN2O/c1-16(7-3-2-4-8-17)10-11-5-6-12(14)9-13(11)15/h5-6,9,17H,2-4,7-8,10,15H2,1H3. The van der Waals surface area contributed by atoms with Crippen LogP contribution < -0.4 is 5.73 Å². The summed E-state index contributed by atoms with van der Waals surface area (Å²) in [5.74, 6) is 0. The van der Waals surface area contributed by atoms with Crippen molar-refractivity contribution < 1.29 is 5.11 Å². The van der Waals surface area contributed by atoms with Crippen LogP contribution in [0.2, 0.25) is 0 Å². The van der Waals surface area contributed by atoms with Crippen molar-refractivity contribution in [2.75, 3.05) is 25.9 Å². The highest BCUT2D eigenvalue weighted by Crippen LogP contribution is 2.19. The van der Waals surface area contributed by atoms with Crippen LogP contribution in [0.3, 0.4) is 0 Å². The normalized spacial score (nSPS) is 11.1. The number of nitrogens with two attached hydrogens (primary N) is 1. The Balaban J connectivity index is 2.37. The van der Waals surface area contributed by atoms with E-state index in [0.29, 0.717) is 6.61 Å². The third kappa shape index (κ3) is 5.52. The zero-order valence-electron chi connectivity index (χ0n) is 10.3.